The van der Waals surface area contributed by atoms with Crippen molar-refractivity contribution in [1.82, 2.24) is 9.97 Å². The van der Waals surface area contributed by atoms with E-state index in [2.05, 4.69) is 22.2 Å². The van der Waals surface area contributed by atoms with Crippen LogP contribution in [0.25, 0.3) is 11.4 Å². The number of nitrogens with zero attached hydrogens (tertiary/aromatic N) is 2. The first-order valence-corrected chi connectivity index (χ1v) is 6.91. The van der Waals surface area contributed by atoms with E-state index < -0.39 is 0 Å². The summed E-state index contributed by atoms with van der Waals surface area (Å²) in [6, 6.07) is 7.33. The van der Waals surface area contributed by atoms with E-state index in [9.17, 15) is 0 Å². The van der Waals surface area contributed by atoms with Gasteiger partial charge in [0.15, 0.2) is 5.82 Å². The van der Waals surface area contributed by atoms with Crippen LogP contribution in [0.2, 0.25) is 10.0 Å². The van der Waals surface area contributed by atoms with E-state index in [4.69, 9.17) is 23.2 Å². The standard InChI is InChI=1S/C14H15Cl2N3/c1-3-5-9-8-12(17-2)19-14(18-9)13-10(15)6-4-7-11(13)16/h4,6-8H,3,5H2,1-2H3,(H,17,18,19). The zero-order valence-corrected chi connectivity index (χ0v) is 12.4. The minimum Gasteiger partial charge on any atom is -0.373 e. The first-order chi connectivity index (χ1) is 9.15. The zero-order valence-electron chi connectivity index (χ0n) is 10.9. The van der Waals surface area contributed by atoms with Crippen LogP contribution in [-0.2, 0) is 6.42 Å². The van der Waals surface area contributed by atoms with Crippen LogP contribution in [0.15, 0.2) is 24.3 Å². The van der Waals surface area contributed by atoms with E-state index >= 15 is 0 Å². The molecule has 0 aliphatic carbocycles. The van der Waals surface area contributed by atoms with E-state index in [-0.39, 0.29) is 0 Å². The van der Waals surface area contributed by atoms with Gasteiger partial charge >= 0.3 is 0 Å². The molecule has 0 bridgehead atoms. The Bertz CT molecular complexity index is 565. The Hall–Kier alpha value is -1.32. The van der Waals surface area contributed by atoms with Crippen molar-refractivity contribution in [2.75, 3.05) is 12.4 Å². The fourth-order valence-corrected chi connectivity index (χ4v) is 2.40. The summed E-state index contributed by atoms with van der Waals surface area (Å²) in [5.41, 5.74) is 1.66. The highest BCUT2D eigenvalue weighted by Crippen LogP contribution is 2.33. The number of hydrogen-bond donors (Lipinski definition) is 1. The lowest BCUT2D eigenvalue weighted by molar-refractivity contribution is 0.876. The Kier molecular flexibility index (Phi) is 4.61. The fourth-order valence-electron chi connectivity index (χ4n) is 1.83. The highest BCUT2D eigenvalue weighted by molar-refractivity contribution is 6.38. The summed E-state index contributed by atoms with van der Waals surface area (Å²) < 4.78 is 0. The van der Waals surface area contributed by atoms with Crippen molar-refractivity contribution >= 4 is 29.0 Å². The maximum absolute atomic E-state index is 6.20. The Morgan fingerprint density at radius 2 is 1.84 bits per heavy atom. The number of aromatic nitrogens is 2. The van der Waals surface area contributed by atoms with Gasteiger partial charge in [0, 0.05) is 18.8 Å². The molecule has 0 unspecified atom stereocenters. The quantitative estimate of drug-likeness (QED) is 0.906. The van der Waals surface area contributed by atoms with E-state index in [1.54, 1.807) is 12.1 Å². The van der Waals surface area contributed by atoms with Crippen LogP contribution in [0, 0.1) is 0 Å². The summed E-state index contributed by atoms with van der Waals surface area (Å²) in [6.07, 6.45) is 1.92. The highest BCUT2D eigenvalue weighted by atomic mass is 35.5. The molecule has 1 heterocycles. The third-order valence-electron chi connectivity index (χ3n) is 2.73. The van der Waals surface area contributed by atoms with Gasteiger partial charge in [0.25, 0.3) is 0 Å². The van der Waals surface area contributed by atoms with Gasteiger partial charge in [-0.25, -0.2) is 9.97 Å². The number of anilines is 1. The minimum absolute atomic E-state index is 0.559. The SMILES string of the molecule is CCCc1cc(NC)nc(-c2c(Cl)cccc2Cl)n1. The van der Waals surface area contributed by atoms with Gasteiger partial charge in [-0.3, -0.25) is 0 Å². The van der Waals surface area contributed by atoms with Gasteiger partial charge < -0.3 is 5.32 Å². The molecular weight excluding hydrogens is 281 g/mol. The summed E-state index contributed by atoms with van der Waals surface area (Å²) in [5.74, 6) is 1.33. The maximum Gasteiger partial charge on any atom is 0.164 e. The molecule has 0 saturated carbocycles. The van der Waals surface area contributed by atoms with Crippen molar-refractivity contribution in [2.45, 2.75) is 19.8 Å². The van der Waals surface area contributed by atoms with Gasteiger partial charge in [0.2, 0.25) is 0 Å². The third kappa shape index (κ3) is 3.17. The predicted molar refractivity (Wildman–Crippen MR) is 81.0 cm³/mol. The first kappa shape index (κ1) is 14.1. The molecule has 0 radical (unpaired) electrons. The fraction of sp³-hybridized carbons (Fsp3) is 0.286. The number of halogens is 2. The van der Waals surface area contributed by atoms with Crippen LogP contribution in [0.4, 0.5) is 5.82 Å². The molecule has 1 aromatic heterocycles. The van der Waals surface area contributed by atoms with E-state index in [1.165, 1.54) is 0 Å². The van der Waals surface area contributed by atoms with Crippen molar-refractivity contribution in [3.63, 3.8) is 0 Å². The van der Waals surface area contributed by atoms with Crippen molar-refractivity contribution < 1.29 is 0 Å². The summed E-state index contributed by atoms with van der Waals surface area (Å²) >= 11 is 12.4. The van der Waals surface area contributed by atoms with Crippen LogP contribution < -0.4 is 5.32 Å². The van der Waals surface area contributed by atoms with Crippen molar-refractivity contribution in [3.8, 4) is 11.4 Å². The molecule has 0 spiro atoms. The number of aryl methyl sites for hydroxylation is 1. The second-order valence-corrected chi connectivity index (χ2v) is 4.98. The van der Waals surface area contributed by atoms with Crippen LogP contribution in [-0.4, -0.2) is 17.0 Å². The van der Waals surface area contributed by atoms with Crippen molar-refractivity contribution in [2.24, 2.45) is 0 Å². The molecule has 0 fully saturated rings. The summed E-state index contributed by atoms with van der Waals surface area (Å²) in [5, 5.41) is 4.15. The molecule has 1 aromatic carbocycles. The van der Waals surface area contributed by atoms with Crippen molar-refractivity contribution in [3.05, 3.63) is 40.0 Å². The van der Waals surface area contributed by atoms with Gasteiger partial charge in [-0.2, -0.15) is 0 Å². The third-order valence-corrected chi connectivity index (χ3v) is 3.36. The molecule has 0 amide bonds. The van der Waals surface area contributed by atoms with Crippen LogP contribution in [0.5, 0.6) is 0 Å². The first-order valence-electron chi connectivity index (χ1n) is 6.15. The smallest absolute Gasteiger partial charge is 0.164 e. The van der Waals surface area contributed by atoms with E-state index in [0.717, 1.165) is 24.4 Å². The maximum atomic E-state index is 6.20. The van der Waals surface area contributed by atoms with Gasteiger partial charge in [0.05, 0.1) is 15.6 Å². The molecule has 0 saturated heterocycles. The van der Waals surface area contributed by atoms with Crippen LogP contribution in [0.1, 0.15) is 19.0 Å². The largest absolute Gasteiger partial charge is 0.373 e. The molecule has 100 valence electrons. The van der Waals surface area contributed by atoms with Crippen LogP contribution >= 0.6 is 23.2 Å². The van der Waals surface area contributed by atoms with Gasteiger partial charge in [-0.15, -0.1) is 0 Å². The summed E-state index contributed by atoms with van der Waals surface area (Å²) in [6.45, 7) is 2.11. The Balaban J connectivity index is 2.57. The molecule has 0 aliphatic rings. The lowest BCUT2D eigenvalue weighted by Gasteiger charge is -2.09. The lowest BCUT2D eigenvalue weighted by atomic mass is 10.2. The molecule has 3 nitrogen and oxygen atoms in total. The second kappa shape index (κ2) is 6.22. The highest BCUT2D eigenvalue weighted by Gasteiger charge is 2.13. The molecule has 5 heteroatoms. The molecule has 19 heavy (non-hydrogen) atoms. The zero-order chi connectivity index (χ0) is 13.8. The molecule has 0 aliphatic heterocycles. The second-order valence-electron chi connectivity index (χ2n) is 4.16. The number of rotatable bonds is 4. The van der Waals surface area contributed by atoms with Gasteiger partial charge in [0.1, 0.15) is 5.82 Å². The van der Waals surface area contributed by atoms with Gasteiger partial charge in [-0.1, -0.05) is 42.6 Å². The Morgan fingerprint density at radius 3 is 2.42 bits per heavy atom. The Labute approximate surface area is 123 Å². The summed E-state index contributed by atoms with van der Waals surface area (Å²) in [4.78, 5) is 8.98. The number of hydrogen-bond acceptors (Lipinski definition) is 3. The summed E-state index contributed by atoms with van der Waals surface area (Å²) in [7, 11) is 1.83. The van der Waals surface area contributed by atoms with Gasteiger partial charge in [-0.05, 0) is 18.6 Å². The van der Waals surface area contributed by atoms with E-state index in [1.807, 2.05) is 19.2 Å². The topological polar surface area (TPSA) is 37.8 Å². The van der Waals surface area contributed by atoms with E-state index in [0.29, 0.717) is 21.4 Å². The number of benzene rings is 1. The average Bonchev–Trinajstić information content (AvgIpc) is 2.38. The van der Waals surface area contributed by atoms with Crippen molar-refractivity contribution in [1.29, 1.82) is 0 Å². The molecule has 0 atom stereocenters. The Morgan fingerprint density at radius 1 is 1.16 bits per heavy atom. The predicted octanol–water partition coefficient (Wildman–Crippen LogP) is 4.44. The monoisotopic (exact) mass is 295 g/mol. The normalized spacial score (nSPS) is 10.5. The molecule has 2 aromatic rings. The molecule has 1 N–H and O–H groups in total. The molecule has 2 rings (SSSR count). The average molecular weight is 296 g/mol. The lowest BCUT2D eigenvalue weighted by Crippen LogP contribution is -2.01. The molecular formula is C14H15Cl2N3. The number of nitrogens with one attached hydrogen (secondary N) is 1. The van der Waals surface area contributed by atoms with Crippen LogP contribution in [0.3, 0.4) is 0 Å². The minimum atomic E-state index is 0.559.